The first-order valence-corrected chi connectivity index (χ1v) is 7.12. The van der Waals surface area contributed by atoms with Gasteiger partial charge in [0.1, 0.15) is 5.82 Å². The zero-order chi connectivity index (χ0) is 13.9. The Labute approximate surface area is 118 Å². The van der Waals surface area contributed by atoms with Crippen molar-refractivity contribution in [1.29, 1.82) is 0 Å². The van der Waals surface area contributed by atoms with Crippen LogP contribution in [-0.2, 0) is 6.54 Å². The Kier molecular flexibility index (Phi) is 3.80. The average Bonchev–Trinajstić information content (AvgIpc) is 2.47. The number of benzene rings is 1. The summed E-state index contributed by atoms with van der Waals surface area (Å²) in [5.41, 5.74) is 0.701. The van der Waals surface area contributed by atoms with Crippen LogP contribution in [0.5, 0.6) is 0 Å². The van der Waals surface area contributed by atoms with Crippen molar-refractivity contribution in [2.45, 2.75) is 25.4 Å². The highest BCUT2D eigenvalue weighted by molar-refractivity contribution is 5.77. The molecule has 1 saturated heterocycles. The third-order valence-electron chi connectivity index (χ3n) is 3.94. The van der Waals surface area contributed by atoms with Gasteiger partial charge >= 0.3 is 0 Å². The lowest BCUT2D eigenvalue weighted by Gasteiger charge is -2.29. The van der Waals surface area contributed by atoms with E-state index in [-0.39, 0.29) is 5.56 Å². The fourth-order valence-corrected chi connectivity index (χ4v) is 2.67. The zero-order valence-corrected chi connectivity index (χ0v) is 11.7. The first-order valence-electron chi connectivity index (χ1n) is 7.12. The number of para-hydroxylation sites is 1. The van der Waals surface area contributed by atoms with E-state index in [4.69, 9.17) is 0 Å². The molecule has 2 heterocycles. The van der Waals surface area contributed by atoms with Crippen LogP contribution in [0.25, 0.3) is 10.9 Å². The van der Waals surface area contributed by atoms with Crippen molar-refractivity contribution in [2.75, 3.05) is 20.1 Å². The molecule has 0 radical (unpaired) electrons. The molecular formula is C15H20N4O. The van der Waals surface area contributed by atoms with Crippen LogP contribution in [0, 0.1) is 0 Å². The van der Waals surface area contributed by atoms with Crippen LogP contribution < -0.4 is 10.9 Å². The molecule has 20 heavy (non-hydrogen) atoms. The van der Waals surface area contributed by atoms with Crippen LogP contribution in [-0.4, -0.2) is 41.0 Å². The van der Waals surface area contributed by atoms with E-state index in [9.17, 15) is 4.79 Å². The van der Waals surface area contributed by atoms with Crippen molar-refractivity contribution < 1.29 is 0 Å². The molecule has 0 aliphatic carbocycles. The number of H-pyrrole nitrogens is 1. The van der Waals surface area contributed by atoms with Crippen LogP contribution >= 0.6 is 0 Å². The molecule has 0 unspecified atom stereocenters. The van der Waals surface area contributed by atoms with Crippen LogP contribution in [0.4, 0.5) is 0 Å². The number of hydrogen-bond donors (Lipinski definition) is 2. The summed E-state index contributed by atoms with van der Waals surface area (Å²) in [4.78, 5) is 21.7. The molecule has 106 valence electrons. The monoisotopic (exact) mass is 272 g/mol. The predicted octanol–water partition coefficient (Wildman–Crippen LogP) is 1.11. The maximum atomic E-state index is 12.0. The van der Waals surface area contributed by atoms with Crippen molar-refractivity contribution in [3.8, 4) is 0 Å². The molecular weight excluding hydrogens is 252 g/mol. The fourth-order valence-electron chi connectivity index (χ4n) is 2.67. The number of fused-ring (bicyclic) bond motifs is 1. The molecule has 5 nitrogen and oxygen atoms in total. The number of nitrogens with zero attached hydrogens (tertiary/aromatic N) is 2. The minimum absolute atomic E-state index is 0.0595. The van der Waals surface area contributed by atoms with Gasteiger partial charge in [-0.2, -0.15) is 0 Å². The molecule has 0 bridgehead atoms. The molecule has 3 rings (SSSR count). The molecule has 0 amide bonds. The van der Waals surface area contributed by atoms with E-state index in [2.05, 4.69) is 27.2 Å². The average molecular weight is 272 g/mol. The van der Waals surface area contributed by atoms with Gasteiger partial charge in [0.2, 0.25) is 0 Å². The summed E-state index contributed by atoms with van der Waals surface area (Å²) in [6.07, 6.45) is 2.29. The maximum Gasteiger partial charge on any atom is 0.258 e. The maximum absolute atomic E-state index is 12.0. The highest BCUT2D eigenvalue weighted by atomic mass is 16.1. The zero-order valence-electron chi connectivity index (χ0n) is 11.7. The Balaban J connectivity index is 1.70. The molecule has 2 aromatic rings. The lowest BCUT2D eigenvalue weighted by atomic mass is 10.1. The summed E-state index contributed by atoms with van der Waals surface area (Å²) in [6.45, 7) is 2.87. The third kappa shape index (κ3) is 2.89. The van der Waals surface area contributed by atoms with Crippen LogP contribution in [0.1, 0.15) is 18.7 Å². The largest absolute Gasteiger partial charge is 0.309 e. The van der Waals surface area contributed by atoms with Crippen LogP contribution in [0.15, 0.2) is 29.1 Å². The second-order valence-electron chi connectivity index (χ2n) is 5.49. The van der Waals surface area contributed by atoms with E-state index < -0.39 is 0 Å². The van der Waals surface area contributed by atoms with Gasteiger partial charge < -0.3 is 15.2 Å². The number of aromatic amines is 1. The van der Waals surface area contributed by atoms with Gasteiger partial charge in [0.05, 0.1) is 17.4 Å². The lowest BCUT2D eigenvalue weighted by molar-refractivity contribution is 0.233. The Morgan fingerprint density at radius 1 is 1.35 bits per heavy atom. The van der Waals surface area contributed by atoms with Gasteiger partial charge in [0.25, 0.3) is 5.56 Å². The van der Waals surface area contributed by atoms with Crippen LogP contribution in [0.2, 0.25) is 0 Å². The SMILES string of the molecule is CN1CCC(NCc2nc3ccccc3c(=O)[nH]2)CC1. The normalized spacial score (nSPS) is 17.6. The van der Waals surface area contributed by atoms with E-state index in [1.165, 1.54) is 0 Å². The number of rotatable bonds is 3. The summed E-state index contributed by atoms with van der Waals surface area (Å²) >= 11 is 0. The van der Waals surface area contributed by atoms with Gasteiger partial charge in [0.15, 0.2) is 0 Å². The molecule has 1 aliphatic heterocycles. The lowest BCUT2D eigenvalue weighted by Crippen LogP contribution is -2.40. The van der Waals surface area contributed by atoms with E-state index >= 15 is 0 Å². The molecule has 1 aromatic carbocycles. The van der Waals surface area contributed by atoms with Gasteiger partial charge in [-0.25, -0.2) is 4.98 Å². The van der Waals surface area contributed by atoms with Gasteiger partial charge in [0, 0.05) is 6.04 Å². The summed E-state index contributed by atoms with van der Waals surface area (Å²) in [7, 11) is 2.15. The number of aromatic nitrogens is 2. The van der Waals surface area contributed by atoms with Crippen molar-refractivity contribution in [3.05, 3.63) is 40.4 Å². The quantitative estimate of drug-likeness (QED) is 0.878. The molecule has 1 fully saturated rings. The minimum atomic E-state index is -0.0595. The Morgan fingerprint density at radius 3 is 2.90 bits per heavy atom. The summed E-state index contributed by atoms with van der Waals surface area (Å²) in [6, 6.07) is 7.96. The number of likely N-dealkylation sites (tertiary alicyclic amines) is 1. The standard InChI is InChI=1S/C15H20N4O/c1-19-8-6-11(7-9-19)16-10-14-17-13-5-3-2-4-12(13)15(20)18-14/h2-5,11,16H,6-10H2,1H3,(H,17,18,20). The molecule has 5 heteroatoms. The topological polar surface area (TPSA) is 61.0 Å². The smallest absolute Gasteiger partial charge is 0.258 e. The van der Waals surface area contributed by atoms with E-state index in [1.807, 2.05) is 18.2 Å². The van der Waals surface area contributed by atoms with Crippen molar-refractivity contribution >= 4 is 10.9 Å². The first kappa shape index (κ1) is 13.3. The van der Waals surface area contributed by atoms with E-state index in [0.29, 0.717) is 23.8 Å². The fraction of sp³-hybridized carbons (Fsp3) is 0.467. The third-order valence-corrected chi connectivity index (χ3v) is 3.94. The Morgan fingerprint density at radius 2 is 2.10 bits per heavy atom. The minimum Gasteiger partial charge on any atom is -0.309 e. The molecule has 1 aliphatic rings. The summed E-state index contributed by atoms with van der Waals surface area (Å²) in [5, 5.41) is 4.14. The Hall–Kier alpha value is -1.72. The van der Waals surface area contributed by atoms with Crippen molar-refractivity contribution in [2.24, 2.45) is 0 Å². The van der Waals surface area contributed by atoms with E-state index in [0.717, 1.165) is 31.4 Å². The van der Waals surface area contributed by atoms with Gasteiger partial charge in [-0.3, -0.25) is 4.79 Å². The van der Waals surface area contributed by atoms with Crippen molar-refractivity contribution in [3.63, 3.8) is 0 Å². The first-order chi connectivity index (χ1) is 9.72. The van der Waals surface area contributed by atoms with Crippen LogP contribution in [0.3, 0.4) is 0 Å². The molecule has 0 spiro atoms. The molecule has 0 saturated carbocycles. The Bertz CT molecular complexity index is 644. The molecule has 0 atom stereocenters. The highest BCUT2D eigenvalue weighted by Crippen LogP contribution is 2.09. The summed E-state index contributed by atoms with van der Waals surface area (Å²) < 4.78 is 0. The van der Waals surface area contributed by atoms with E-state index in [1.54, 1.807) is 6.07 Å². The van der Waals surface area contributed by atoms with Gasteiger partial charge in [-0.1, -0.05) is 12.1 Å². The summed E-state index contributed by atoms with van der Waals surface area (Å²) in [5.74, 6) is 0.715. The predicted molar refractivity (Wildman–Crippen MR) is 79.7 cm³/mol. The molecule has 2 N–H and O–H groups in total. The van der Waals surface area contributed by atoms with Gasteiger partial charge in [-0.05, 0) is 45.1 Å². The highest BCUT2D eigenvalue weighted by Gasteiger charge is 2.16. The van der Waals surface area contributed by atoms with Crippen molar-refractivity contribution in [1.82, 2.24) is 20.2 Å². The second kappa shape index (κ2) is 5.73. The number of piperidine rings is 1. The second-order valence-corrected chi connectivity index (χ2v) is 5.49. The molecule has 1 aromatic heterocycles. The number of nitrogens with one attached hydrogen (secondary N) is 2. The number of hydrogen-bond acceptors (Lipinski definition) is 4. The van der Waals surface area contributed by atoms with Gasteiger partial charge in [-0.15, -0.1) is 0 Å².